The van der Waals surface area contributed by atoms with Gasteiger partial charge in [-0.05, 0) is 36.2 Å². The molecule has 0 fully saturated rings. The molecule has 1 aromatic heterocycles. The molecule has 0 saturated carbocycles. The molecule has 5 heteroatoms. The third kappa shape index (κ3) is 3.18. The molecular formula is C16H18N2O3. The molecule has 0 saturated heterocycles. The van der Waals surface area contributed by atoms with Crippen LogP contribution in [0.5, 0.6) is 17.2 Å². The van der Waals surface area contributed by atoms with Crippen molar-refractivity contribution < 1.29 is 14.2 Å². The number of nitrogens with zero attached hydrogens (tertiary/aromatic N) is 1. The number of hydrogen-bond donors (Lipinski definition) is 1. The molecule has 1 aliphatic heterocycles. The highest BCUT2D eigenvalue weighted by Gasteiger charge is 2.11. The number of aromatic nitrogens is 1. The van der Waals surface area contributed by atoms with Gasteiger partial charge in [0, 0.05) is 12.7 Å². The molecule has 2 heterocycles. The Labute approximate surface area is 123 Å². The third-order valence-electron chi connectivity index (χ3n) is 3.30. The number of ether oxygens (including phenoxy) is 3. The van der Waals surface area contributed by atoms with Crippen molar-refractivity contribution in [1.82, 2.24) is 4.98 Å². The van der Waals surface area contributed by atoms with Gasteiger partial charge in [-0.15, -0.1) is 0 Å². The van der Waals surface area contributed by atoms with Gasteiger partial charge in [-0.25, -0.2) is 4.98 Å². The molecule has 0 aliphatic carbocycles. The average molecular weight is 286 g/mol. The Morgan fingerprint density at radius 3 is 2.90 bits per heavy atom. The Morgan fingerprint density at radius 1 is 1.19 bits per heavy atom. The van der Waals surface area contributed by atoms with Crippen LogP contribution < -0.4 is 19.5 Å². The summed E-state index contributed by atoms with van der Waals surface area (Å²) < 4.78 is 16.4. The predicted octanol–water partition coefficient (Wildman–Crippen LogP) is 2.52. The van der Waals surface area contributed by atoms with Crippen LogP contribution in [0.2, 0.25) is 0 Å². The van der Waals surface area contributed by atoms with Gasteiger partial charge < -0.3 is 19.5 Å². The fraction of sp³-hybridized carbons (Fsp3) is 0.312. The van der Waals surface area contributed by atoms with Crippen LogP contribution in [0.1, 0.15) is 5.56 Å². The molecule has 0 radical (unpaired) electrons. The van der Waals surface area contributed by atoms with Crippen LogP contribution in [-0.4, -0.2) is 31.9 Å². The van der Waals surface area contributed by atoms with Crippen LogP contribution in [0.25, 0.3) is 0 Å². The largest absolute Gasteiger partial charge is 0.493 e. The number of hydrogen-bond acceptors (Lipinski definition) is 5. The summed E-state index contributed by atoms with van der Waals surface area (Å²) in [6.07, 6.45) is 2.62. The molecule has 1 aliphatic rings. The number of methoxy groups -OCH3 is 1. The number of anilines is 1. The van der Waals surface area contributed by atoms with Gasteiger partial charge in [-0.3, -0.25) is 0 Å². The molecule has 1 N–H and O–H groups in total. The normalized spacial score (nSPS) is 12.8. The van der Waals surface area contributed by atoms with Crippen LogP contribution in [0.3, 0.4) is 0 Å². The lowest BCUT2D eigenvalue weighted by molar-refractivity contribution is 0.171. The maximum atomic E-state index is 5.59. The Kier molecular flexibility index (Phi) is 4.09. The zero-order valence-corrected chi connectivity index (χ0v) is 12.0. The SMILES string of the molecule is COc1cccnc1NCCc1ccc2c(c1)OCCO2. The maximum absolute atomic E-state index is 5.59. The highest BCUT2D eigenvalue weighted by molar-refractivity contribution is 5.49. The quantitative estimate of drug-likeness (QED) is 0.915. The Balaban J connectivity index is 1.60. The smallest absolute Gasteiger partial charge is 0.168 e. The van der Waals surface area contributed by atoms with Crippen LogP contribution in [0, 0.1) is 0 Å². The average Bonchev–Trinajstić information content (AvgIpc) is 2.55. The lowest BCUT2D eigenvalue weighted by atomic mass is 10.1. The number of nitrogens with one attached hydrogen (secondary N) is 1. The van der Waals surface area contributed by atoms with Gasteiger partial charge in [-0.1, -0.05) is 6.07 Å². The zero-order valence-electron chi connectivity index (χ0n) is 12.0. The van der Waals surface area contributed by atoms with Gasteiger partial charge >= 0.3 is 0 Å². The molecule has 0 unspecified atom stereocenters. The third-order valence-corrected chi connectivity index (χ3v) is 3.30. The molecule has 0 atom stereocenters. The summed E-state index contributed by atoms with van der Waals surface area (Å²) in [5, 5.41) is 3.28. The first-order chi connectivity index (χ1) is 10.4. The molecule has 0 amide bonds. The van der Waals surface area contributed by atoms with Gasteiger partial charge in [0.05, 0.1) is 7.11 Å². The van der Waals surface area contributed by atoms with Crippen molar-refractivity contribution >= 4 is 5.82 Å². The fourth-order valence-electron chi connectivity index (χ4n) is 2.26. The van der Waals surface area contributed by atoms with E-state index in [1.54, 1.807) is 13.3 Å². The van der Waals surface area contributed by atoms with E-state index in [4.69, 9.17) is 14.2 Å². The van der Waals surface area contributed by atoms with Gasteiger partial charge in [0.2, 0.25) is 0 Å². The van der Waals surface area contributed by atoms with Crippen molar-refractivity contribution in [3.63, 3.8) is 0 Å². The van der Waals surface area contributed by atoms with E-state index >= 15 is 0 Å². The molecule has 0 spiro atoms. The van der Waals surface area contributed by atoms with E-state index < -0.39 is 0 Å². The first-order valence-electron chi connectivity index (χ1n) is 6.98. The summed E-state index contributed by atoms with van der Waals surface area (Å²) >= 11 is 0. The summed E-state index contributed by atoms with van der Waals surface area (Å²) in [5.41, 5.74) is 1.20. The standard InChI is InChI=1S/C16H18N2O3/c1-19-14-3-2-7-17-16(14)18-8-6-12-4-5-13-15(11-12)21-10-9-20-13/h2-5,7,11H,6,8-10H2,1H3,(H,17,18). The zero-order chi connectivity index (χ0) is 14.5. The van der Waals surface area contributed by atoms with Crippen molar-refractivity contribution in [2.75, 3.05) is 32.2 Å². The van der Waals surface area contributed by atoms with Crippen LogP contribution in [0.15, 0.2) is 36.5 Å². The number of fused-ring (bicyclic) bond motifs is 1. The van der Waals surface area contributed by atoms with Crippen LogP contribution in [-0.2, 0) is 6.42 Å². The summed E-state index contributed by atoms with van der Waals surface area (Å²) in [7, 11) is 1.64. The van der Waals surface area contributed by atoms with Crippen molar-refractivity contribution in [2.45, 2.75) is 6.42 Å². The predicted molar refractivity (Wildman–Crippen MR) is 80.4 cm³/mol. The van der Waals surface area contributed by atoms with Gasteiger partial charge in [0.1, 0.15) is 13.2 Å². The van der Waals surface area contributed by atoms with E-state index in [-0.39, 0.29) is 0 Å². The van der Waals surface area contributed by atoms with E-state index in [2.05, 4.69) is 16.4 Å². The van der Waals surface area contributed by atoms with E-state index in [1.807, 2.05) is 24.3 Å². The highest BCUT2D eigenvalue weighted by Crippen LogP contribution is 2.30. The van der Waals surface area contributed by atoms with E-state index in [0.717, 1.165) is 36.0 Å². The summed E-state index contributed by atoms with van der Waals surface area (Å²) in [6, 6.07) is 9.80. The number of pyridine rings is 1. The first kappa shape index (κ1) is 13.5. The second kappa shape index (κ2) is 6.35. The summed E-state index contributed by atoms with van der Waals surface area (Å²) in [5.74, 6) is 3.16. The second-order valence-corrected chi connectivity index (χ2v) is 4.71. The van der Waals surface area contributed by atoms with Crippen molar-refractivity contribution in [3.8, 4) is 17.2 Å². The molecule has 1 aromatic carbocycles. The maximum Gasteiger partial charge on any atom is 0.168 e. The molecule has 2 aromatic rings. The summed E-state index contributed by atoms with van der Waals surface area (Å²) in [4.78, 5) is 4.27. The van der Waals surface area contributed by atoms with Gasteiger partial charge in [0.25, 0.3) is 0 Å². The van der Waals surface area contributed by atoms with Gasteiger partial charge in [0.15, 0.2) is 23.1 Å². The molecule has 5 nitrogen and oxygen atoms in total. The monoisotopic (exact) mass is 286 g/mol. The van der Waals surface area contributed by atoms with Crippen LogP contribution in [0.4, 0.5) is 5.82 Å². The minimum absolute atomic E-state index is 0.611. The minimum Gasteiger partial charge on any atom is -0.493 e. The van der Waals surface area contributed by atoms with E-state index in [0.29, 0.717) is 13.2 Å². The second-order valence-electron chi connectivity index (χ2n) is 4.71. The minimum atomic E-state index is 0.611. The number of rotatable bonds is 5. The molecule has 110 valence electrons. The molecule has 3 rings (SSSR count). The molecule has 21 heavy (non-hydrogen) atoms. The molecule has 0 bridgehead atoms. The number of benzene rings is 1. The fourth-order valence-corrected chi connectivity index (χ4v) is 2.26. The van der Waals surface area contributed by atoms with E-state index in [9.17, 15) is 0 Å². The first-order valence-corrected chi connectivity index (χ1v) is 6.98. The Hall–Kier alpha value is -2.43. The van der Waals surface area contributed by atoms with E-state index in [1.165, 1.54) is 5.56 Å². The van der Waals surface area contributed by atoms with Crippen molar-refractivity contribution in [1.29, 1.82) is 0 Å². The summed E-state index contributed by atoms with van der Waals surface area (Å²) in [6.45, 7) is 2.00. The Bertz CT molecular complexity index is 616. The van der Waals surface area contributed by atoms with Crippen molar-refractivity contribution in [3.05, 3.63) is 42.1 Å². The Morgan fingerprint density at radius 2 is 2.05 bits per heavy atom. The van der Waals surface area contributed by atoms with Crippen LogP contribution >= 0.6 is 0 Å². The lowest BCUT2D eigenvalue weighted by Crippen LogP contribution is -2.15. The highest BCUT2D eigenvalue weighted by atomic mass is 16.6. The van der Waals surface area contributed by atoms with Crippen molar-refractivity contribution in [2.24, 2.45) is 0 Å². The topological polar surface area (TPSA) is 52.6 Å². The van der Waals surface area contributed by atoms with Gasteiger partial charge in [-0.2, -0.15) is 0 Å². The molecular weight excluding hydrogens is 268 g/mol. The lowest BCUT2D eigenvalue weighted by Gasteiger charge is -2.19.